The molecule has 7 heteroatoms. The molecule has 0 aliphatic heterocycles. The summed E-state index contributed by atoms with van der Waals surface area (Å²) in [5, 5.41) is 2.96. The molecule has 2 aromatic heterocycles. The van der Waals surface area contributed by atoms with Crippen LogP contribution in [0.2, 0.25) is 10.3 Å². The highest BCUT2D eigenvalue weighted by Gasteiger charge is 2.12. The van der Waals surface area contributed by atoms with Crippen molar-refractivity contribution in [3.05, 3.63) is 46.3 Å². The van der Waals surface area contributed by atoms with Crippen molar-refractivity contribution in [3.8, 4) is 5.88 Å². The standard InChI is InChI=1S/C12H9Cl2N3O2/c1-19-12-8(3-2-4-15-12)16-11(18)7-5-9(13)17-10(14)6-7/h2-6H,1H3,(H,16,18). The van der Waals surface area contributed by atoms with E-state index in [1.54, 1.807) is 18.3 Å². The van der Waals surface area contributed by atoms with Crippen LogP contribution in [0, 0.1) is 0 Å². The smallest absolute Gasteiger partial charge is 0.256 e. The number of nitrogens with one attached hydrogen (secondary N) is 1. The van der Waals surface area contributed by atoms with Crippen molar-refractivity contribution in [3.63, 3.8) is 0 Å². The number of rotatable bonds is 3. The van der Waals surface area contributed by atoms with Gasteiger partial charge in [-0.25, -0.2) is 9.97 Å². The first-order valence-electron chi connectivity index (χ1n) is 5.23. The van der Waals surface area contributed by atoms with Crippen LogP contribution in [0.4, 0.5) is 5.69 Å². The van der Waals surface area contributed by atoms with E-state index in [0.717, 1.165) is 0 Å². The van der Waals surface area contributed by atoms with E-state index < -0.39 is 0 Å². The minimum absolute atomic E-state index is 0.149. The number of anilines is 1. The molecule has 2 aromatic rings. The van der Waals surface area contributed by atoms with Crippen LogP contribution in [-0.4, -0.2) is 23.0 Å². The van der Waals surface area contributed by atoms with E-state index in [-0.39, 0.29) is 16.2 Å². The van der Waals surface area contributed by atoms with E-state index in [1.165, 1.54) is 19.2 Å². The fourth-order valence-corrected chi connectivity index (χ4v) is 1.90. The number of pyridine rings is 2. The summed E-state index contributed by atoms with van der Waals surface area (Å²) in [5.74, 6) is -0.0559. The molecule has 5 nitrogen and oxygen atoms in total. The van der Waals surface area contributed by atoms with Gasteiger partial charge in [0.2, 0.25) is 5.88 Å². The number of methoxy groups -OCH3 is 1. The predicted octanol–water partition coefficient (Wildman–Crippen LogP) is 3.04. The second-order valence-electron chi connectivity index (χ2n) is 3.52. The van der Waals surface area contributed by atoms with Gasteiger partial charge in [0.15, 0.2) is 0 Å². The zero-order valence-corrected chi connectivity index (χ0v) is 11.4. The molecule has 19 heavy (non-hydrogen) atoms. The van der Waals surface area contributed by atoms with Gasteiger partial charge in [0.05, 0.1) is 7.11 Å². The van der Waals surface area contributed by atoms with Gasteiger partial charge in [-0.05, 0) is 24.3 Å². The lowest BCUT2D eigenvalue weighted by Gasteiger charge is -2.08. The van der Waals surface area contributed by atoms with Gasteiger partial charge in [-0.3, -0.25) is 4.79 Å². The van der Waals surface area contributed by atoms with Crippen LogP contribution in [0.25, 0.3) is 0 Å². The summed E-state index contributed by atoms with van der Waals surface area (Å²) >= 11 is 11.5. The normalized spacial score (nSPS) is 10.1. The maximum atomic E-state index is 12.0. The first-order valence-corrected chi connectivity index (χ1v) is 5.99. The minimum atomic E-state index is -0.377. The molecule has 1 N–H and O–H groups in total. The summed E-state index contributed by atoms with van der Waals surface area (Å²) in [5.41, 5.74) is 0.759. The van der Waals surface area contributed by atoms with Crippen LogP contribution < -0.4 is 10.1 Å². The molecule has 0 fully saturated rings. The molecule has 0 aliphatic carbocycles. The number of nitrogens with zero attached hydrogens (tertiary/aromatic N) is 2. The number of aromatic nitrogens is 2. The van der Waals surface area contributed by atoms with E-state index in [1.807, 2.05) is 0 Å². The van der Waals surface area contributed by atoms with Crippen LogP contribution in [0.3, 0.4) is 0 Å². The number of hydrogen-bond donors (Lipinski definition) is 1. The third-order valence-corrected chi connectivity index (χ3v) is 2.62. The Morgan fingerprint density at radius 3 is 2.63 bits per heavy atom. The molecule has 0 spiro atoms. The lowest BCUT2D eigenvalue weighted by atomic mass is 10.2. The summed E-state index contributed by atoms with van der Waals surface area (Å²) < 4.78 is 5.04. The molecular weight excluding hydrogens is 289 g/mol. The minimum Gasteiger partial charge on any atom is -0.480 e. The lowest BCUT2D eigenvalue weighted by Crippen LogP contribution is -2.13. The molecule has 0 saturated carbocycles. The molecule has 0 aromatic carbocycles. The third-order valence-electron chi connectivity index (χ3n) is 2.24. The van der Waals surface area contributed by atoms with Crippen LogP contribution in [0.5, 0.6) is 5.88 Å². The van der Waals surface area contributed by atoms with Crippen molar-refractivity contribution in [1.82, 2.24) is 9.97 Å². The quantitative estimate of drug-likeness (QED) is 0.885. The van der Waals surface area contributed by atoms with Gasteiger partial charge < -0.3 is 10.1 Å². The Kier molecular flexibility index (Phi) is 4.19. The fourth-order valence-electron chi connectivity index (χ4n) is 1.44. The van der Waals surface area contributed by atoms with Crippen molar-refractivity contribution in [2.45, 2.75) is 0 Å². The summed E-state index contributed by atoms with van der Waals surface area (Å²) in [6.07, 6.45) is 1.56. The first kappa shape index (κ1) is 13.6. The summed E-state index contributed by atoms with van der Waals surface area (Å²) in [4.78, 5) is 19.8. The van der Waals surface area contributed by atoms with Crippen molar-refractivity contribution in [1.29, 1.82) is 0 Å². The van der Waals surface area contributed by atoms with E-state index in [4.69, 9.17) is 27.9 Å². The number of hydrogen-bond acceptors (Lipinski definition) is 4. The van der Waals surface area contributed by atoms with Gasteiger partial charge in [0.1, 0.15) is 16.0 Å². The Morgan fingerprint density at radius 2 is 2.00 bits per heavy atom. The molecule has 0 saturated heterocycles. The highest BCUT2D eigenvalue weighted by Crippen LogP contribution is 2.21. The Morgan fingerprint density at radius 1 is 1.32 bits per heavy atom. The summed E-state index contributed by atoms with van der Waals surface area (Å²) in [7, 11) is 1.47. The van der Waals surface area contributed by atoms with Gasteiger partial charge in [0, 0.05) is 11.8 Å². The molecule has 2 rings (SSSR count). The van der Waals surface area contributed by atoms with Crippen LogP contribution in [0.1, 0.15) is 10.4 Å². The second-order valence-corrected chi connectivity index (χ2v) is 4.29. The lowest BCUT2D eigenvalue weighted by molar-refractivity contribution is 0.102. The molecule has 0 aliphatic rings. The van der Waals surface area contributed by atoms with Crippen LogP contribution in [0.15, 0.2) is 30.5 Å². The van der Waals surface area contributed by atoms with Gasteiger partial charge in [0.25, 0.3) is 5.91 Å². The van der Waals surface area contributed by atoms with Crippen molar-refractivity contribution in [2.24, 2.45) is 0 Å². The Labute approximate surface area is 119 Å². The molecule has 0 atom stereocenters. The first-order chi connectivity index (χ1) is 9.10. The van der Waals surface area contributed by atoms with E-state index >= 15 is 0 Å². The van der Waals surface area contributed by atoms with Gasteiger partial charge in [-0.2, -0.15) is 0 Å². The number of halogens is 2. The zero-order valence-electron chi connectivity index (χ0n) is 9.85. The largest absolute Gasteiger partial charge is 0.480 e. The van der Waals surface area contributed by atoms with E-state index in [0.29, 0.717) is 17.1 Å². The van der Waals surface area contributed by atoms with E-state index in [2.05, 4.69) is 15.3 Å². The number of amides is 1. The summed E-state index contributed by atoms with van der Waals surface area (Å²) in [6.45, 7) is 0. The molecule has 1 amide bonds. The highest BCUT2D eigenvalue weighted by molar-refractivity contribution is 6.33. The van der Waals surface area contributed by atoms with Crippen molar-refractivity contribution >= 4 is 34.8 Å². The SMILES string of the molecule is COc1ncccc1NC(=O)c1cc(Cl)nc(Cl)c1. The van der Waals surface area contributed by atoms with Crippen molar-refractivity contribution < 1.29 is 9.53 Å². The molecule has 0 bridgehead atoms. The average Bonchev–Trinajstić information content (AvgIpc) is 2.38. The maximum Gasteiger partial charge on any atom is 0.256 e. The molecule has 0 radical (unpaired) electrons. The monoisotopic (exact) mass is 297 g/mol. The average molecular weight is 298 g/mol. The van der Waals surface area contributed by atoms with Crippen molar-refractivity contribution in [2.75, 3.05) is 12.4 Å². The molecule has 98 valence electrons. The summed E-state index contributed by atoms with van der Waals surface area (Å²) in [6, 6.07) is 6.20. The van der Waals surface area contributed by atoms with Gasteiger partial charge in [-0.15, -0.1) is 0 Å². The van der Waals surface area contributed by atoms with Gasteiger partial charge in [-0.1, -0.05) is 23.2 Å². The number of carbonyl (C=O) groups is 1. The topological polar surface area (TPSA) is 64.1 Å². The zero-order chi connectivity index (χ0) is 13.8. The fraction of sp³-hybridized carbons (Fsp3) is 0.0833. The predicted molar refractivity (Wildman–Crippen MR) is 73.0 cm³/mol. The highest BCUT2D eigenvalue weighted by atomic mass is 35.5. The number of carbonyl (C=O) groups excluding carboxylic acids is 1. The number of ether oxygens (including phenoxy) is 1. The van der Waals surface area contributed by atoms with Crippen LogP contribution >= 0.6 is 23.2 Å². The second kappa shape index (κ2) is 5.86. The Hall–Kier alpha value is -1.85. The van der Waals surface area contributed by atoms with E-state index in [9.17, 15) is 4.79 Å². The molecule has 0 unspecified atom stereocenters. The maximum absolute atomic E-state index is 12.0. The van der Waals surface area contributed by atoms with Gasteiger partial charge >= 0.3 is 0 Å². The molecular formula is C12H9Cl2N3O2. The van der Waals surface area contributed by atoms with Crippen LogP contribution in [-0.2, 0) is 0 Å². The third kappa shape index (κ3) is 3.33. The Bertz CT molecular complexity index is 599. The Balaban J connectivity index is 2.25. The molecule has 2 heterocycles.